The second-order valence-electron chi connectivity index (χ2n) is 7.43. The molecule has 6 N–H and O–H groups in total. The number of nitrogens with one attached hydrogen (secondary N) is 3. The van der Waals surface area contributed by atoms with Gasteiger partial charge in [0, 0.05) is 6.54 Å². The number of ether oxygens (including phenoxy) is 1. The van der Waals surface area contributed by atoms with E-state index in [1.807, 2.05) is 13.8 Å². The maximum absolute atomic E-state index is 12.4. The predicted octanol–water partition coefficient (Wildman–Crippen LogP) is -0.316. The minimum atomic E-state index is -1.30. The number of amides is 3. The first kappa shape index (κ1) is 28.6. The van der Waals surface area contributed by atoms with Crippen molar-refractivity contribution in [2.24, 2.45) is 16.6 Å². The first-order valence-corrected chi connectivity index (χ1v) is 10.5. The second-order valence-corrected chi connectivity index (χ2v) is 7.70. The van der Waals surface area contributed by atoms with Gasteiger partial charge in [-0.3, -0.25) is 19.4 Å². The molecule has 0 aliphatic carbocycles. The number of rotatable bonds is 14. The summed E-state index contributed by atoms with van der Waals surface area (Å²) in [7, 11) is 0. The summed E-state index contributed by atoms with van der Waals surface area (Å²) in [6.07, 6.45) is -0.0575. The summed E-state index contributed by atoms with van der Waals surface area (Å²) < 4.78 is 4.90. The van der Waals surface area contributed by atoms with Crippen molar-refractivity contribution in [3.05, 3.63) is 0 Å². The van der Waals surface area contributed by atoms with Crippen LogP contribution >= 0.6 is 11.6 Å². The average molecular weight is 464 g/mol. The average Bonchev–Trinajstić information content (AvgIpc) is 2.71. The zero-order valence-corrected chi connectivity index (χ0v) is 19.2. The van der Waals surface area contributed by atoms with E-state index in [-0.39, 0.29) is 24.2 Å². The van der Waals surface area contributed by atoms with Crippen LogP contribution < -0.4 is 21.7 Å². The highest BCUT2D eigenvalue weighted by Crippen LogP contribution is 2.03. The van der Waals surface area contributed by atoms with Crippen molar-refractivity contribution >= 4 is 41.1 Å². The van der Waals surface area contributed by atoms with E-state index in [2.05, 4.69) is 20.9 Å². The molecule has 0 aliphatic rings. The van der Waals surface area contributed by atoms with Crippen LogP contribution in [0, 0.1) is 5.92 Å². The van der Waals surface area contributed by atoms with Gasteiger partial charge in [0.15, 0.2) is 5.78 Å². The first-order valence-electron chi connectivity index (χ1n) is 10.0. The van der Waals surface area contributed by atoms with Gasteiger partial charge in [0.1, 0.15) is 12.1 Å². The Hall–Kier alpha value is -2.40. The molecule has 0 aromatic heterocycles. The Bertz CT molecular complexity index is 639. The Balaban J connectivity index is 4.78. The molecule has 0 spiro atoms. The van der Waals surface area contributed by atoms with Crippen molar-refractivity contribution in [3.8, 4) is 0 Å². The molecule has 0 aromatic carbocycles. The van der Waals surface area contributed by atoms with Gasteiger partial charge in [0.25, 0.3) is 0 Å². The number of aliphatic imine (C=N–C) groups is 1. The third kappa shape index (κ3) is 12.8. The number of carbonyl (C=O) groups is 4. The van der Waals surface area contributed by atoms with Gasteiger partial charge < -0.3 is 31.5 Å². The molecule has 0 aromatic rings. The number of Topliss-reactive ketones (excluding diaryl/α,β-unsaturated/α-hetero) is 1. The number of nitrogens with two attached hydrogens (primary N) is 1. The molecule has 31 heavy (non-hydrogen) atoms. The summed E-state index contributed by atoms with van der Waals surface area (Å²) in [4.78, 5) is 52.4. The molecule has 3 atom stereocenters. The fourth-order valence-corrected chi connectivity index (χ4v) is 2.44. The van der Waals surface area contributed by atoms with Crippen molar-refractivity contribution in [1.29, 1.82) is 0 Å². The van der Waals surface area contributed by atoms with Gasteiger partial charge >= 0.3 is 6.09 Å². The lowest BCUT2D eigenvalue weighted by atomic mass is 10.1. The van der Waals surface area contributed by atoms with E-state index in [0.717, 1.165) is 0 Å². The molecule has 0 aliphatic heterocycles. The van der Waals surface area contributed by atoms with E-state index < -0.39 is 42.6 Å². The minimum absolute atomic E-state index is 0.102. The van der Waals surface area contributed by atoms with Gasteiger partial charge in [-0.25, -0.2) is 4.79 Å². The summed E-state index contributed by atoms with van der Waals surface area (Å²) >= 11 is 5.61. The number of hydrogen-bond acceptors (Lipinski definition) is 7. The van der Waals surface area contributed by atoms with Gasteiger partial charge in [-0.2, -0.15) is 0 Å². The van der Waals surface area contributed by atoms with Crippen LogP contribution in [0.5, 0.6) is 0 Å². The van der Waals surface area contributed by atoms with Crippen molar-refractivity contribution in [2.75, 3.05) is 25.6 Å². The highest BCUT2D eigenvalue weighted by molar-refractivity contribution is 6.28. The van der Waals surface area contributed by atoms with Crippen molar-refractivity contribution < 1.29 is 29.0 Å². The van der Waals surface area contributed by atoms with Crippen LogP contribution in [0.4, 0.5) is 4.79 Å². The molecule has 3 unspecified atom stereocenters. The maximum atomic E-state index is 12.4. The number of alkyl carbamates (subject to hydrolysis) is 1. The molecule has 178 valence electrons. The number of nitrogens with zero attached hydrogens (tertiary/aromatic N) is 1. The van der Waals surface area contributed by atoms with E-state index in [1.165, 1.54) is 6.92 Å². The minimum Gasteiger partial charge on any atom is -0.449 e. The maximum Gasteiger partial charge on any atom is 0.407 e. The number of aliphatic hydroxyl groups is 1. The molecular weight excluding hydrogens is 430 g/mol. The Morgan fingerprint density at radius 2 is 1.71 bits per heavy atom. The Labute approximate surface area is 187 Å². The third-order valence-corrected chi connectivity index (χ3v) is 4.20. The Kier molecular flexibility index (Phi) is 14.2. The topological polar surface area (TPSA) is 172 Å². The number of alkyl halides is 1. The van der Waals surface area contributed by atoms with Gasteiger partial charge in [0.2, 0.25) is 11.8 Å². The molecule has 0 fully saturated rings. The number of halogens is 1. The van der Waals surface area contributed by atoms with Gasteiger partial charge in [-0.05, 0) is 32.6 Å². The van der Waals surface area contributed by atoms with Crippen LogP contribution in [0.1, 0.15) is 40.5 Å². The molecule has 12 heteroatoms. The number of aliphatic hydroxyl groups excluding tert-OH is 1. The molecule has 0 bridgehead atoms. The lowest BCUT2D eigenvalue weighted by molar-refractivity contribution is -0.131. The van der Waals surface area contributed by atoms with E-state index in [9.17, 15) is 24.3 Å². The fraction of sp³-hybridized carbons (Fsp3) is 0.737. The van der Waals surface area contributed by atoms with Crippen LogP contribution in [0.2, 0.25) is 0 Å². The summed E-state index contributed by atoms with van der Waals surface area (Å²) in [5.74, 6) is -1.52. The summed E-state index contributed by atoms with van der Waals surface area (Å²) in [6, 6.07) is -3.17. The standard InChI is InChI=1S/C19H34ClN5O6/c1-11(2)10-31-19(30)25-15(9-26)18(29)23-12(3)17(28)24-14(16(27)8-20)6-5-7-22-13(4)21/h11-12,14-15,26H,5-10H2,1-4H3,(H2,21,22)(H,23,29)(H,24,28)(H,25,30). The molecule has 0 heterocycles. The largest absolute Gasteiger partial charge is 0.449 e. The van der Waals surface area contributed by atoms with E-state index in [4.69, 9.17) is 22.1 Å². The summed E-state index contributed by atoms with van der Waals surface area (Å²) in [5.41, 5.74) is 5.46. The molecule has 3 amide bonds. The van der Waals surface area contributed by atoms with Crippen LogP contribution in [0.15, 0.2) is 4.99 Å². The highest BCUT2D eigenvalue weighted by Gasteiger charge is 2.27. The van der Waals surface area contributed by atoms with Gasteiger partial charge in [-0.1, -0.05) is 13.8 Å². The zero-order chi connectivity index (χ0) is 24.0. The molecule has 11 nitrogen and oxygen atoms in total. The van der Waals surface area contributed by atoms with Crippen molar-refractivity contribution in [2.45, 2.75) is 58.7 Å². The third-order valence-electron chi connectivity index (χ3n) is 3.94. The van der Waals surface area contributed by atoms with Crippen molar-refractivity contribution in [3.63, 3.8) is 0 Å². The quantitative estimate of drug-likeness (QED) is 0.102. The van der Waals surface area contributed by atoms with Crippen LogP contribution in [-0.2, 0) is 19.1 Å². The predicted molar refractivity (Wildman–Crippen MR) is 117 cm³/mol. The summed E-state index contributed by atoms with van der Waals surface area (Å²) in [5, 5.41) is 16.5. The number of hydrogen-bond donors (Lipinski definition) is 5. The molecule has 0 radical (unpaired) electrons. The summed E-state index contributed by atoms with van der Waals surface area (Å²) in [6.45, 7) is 6.60. The fourth-order valence-electron chi connectivity index (χ4n) is 2.25. The number of carbonyl (C=O) groups excluding carboxylic acids is 4. The monoisotopic (exact) mass is 463 g/mol. The lowest BCUT2D eigenvalue weighted by Crippen LogP contribution is -2.55. The molecule has 0 saturated heterocycles. The lowest BCUT2D eigenvalue weighted by Gasteiger charge is -2.22. The number of ketones is 1. The zero-order valence-electron chi connectivity index (χ0n) is 18.4. The molecular formula is C19H34ClN5O6. The van der Waals surface area contributed by atoms with E-state index in [0.29, 0.717) is 25.2 Å². The first-order chi connectivity index (χ1) is 14.5. The van der Waals surface area contributed by atoms with Crippen LogP contribution in [0.3, 0.4) is 0 Å². The smallest absolute Gasteiger partial charge is 0.407 e. The van der Waals surface area contributed by atoms with Gasteiger partial charge in [0.05, 0.1) is 31.0 Å². The molecule has 0 saturated carbocycles. The van der Waals surface area contributed by atoms with Gasteiger partial charge in [-0.15, -0.1) is 11.6 Å². The van der Waals surface area contributed by atoms with E-state index >= 15 is 0 Å². The normalized spacial score (nSPS) is 14.4. The number of amidine groups is 1. The van der Waals surface area contributed by atoms with Crippen LogP contribution in [-0.4, -0.2) is 78.4 Å². The van der Waals surface area contributed by atoms with E-state index in [1.54, 1.807) is 6.92 Å². The Morgan fingerprint density at radius 1 is 1.06 bits per heavy atom. The van der Waals surface area contributed by atoms with Crippen LogP contribution in [0.25, 0.3) is 0 Å². The second kappa shape index (κ2) is 15.4. The Morgan fingerprint density at radius 3 is 2.23 bits per heavy atom. The molecule has 0 rings (SSSR count). The SMILES string of the molecule is CC(N)=NCCCC(NC(=O)C(C)NC(=O)C(CO)NC(=O)OCC(C)C)C(=O)CCl. The highest BCUT2D eigenvalue weighted by atomic mass is 35.5. The van der Waals surface area contributed by atoms with Crippen molar-refractivity contribution in [1.82, 2.24) is 16.0 Å².